The van der Waals surface area contributed by atoms with Crippen LogP contribution >= 0.6 is 11.6 Å². The van der Waals surface area contributed by atoms with Crippen molar-refractivity contribution >= 4 is 41.0 Å². The first-order chi connectivity index (χ1) is 19.7. The van der Waals surface area contributed by atoms with Crippen LogP contribution in [-0.4, -0.2) is 83.8 Å². The average Bonchev–Trinajstić information content (AvgIpc) is 3.31. The molecule has 1 aromatic carbocycles. The Bertz CT molecular complexity index is 1260. The fraction of sp³-hybridized carbons (Fsp3) is 0.533. The number of benzene rings is 1. The Labute approximate surface area is 244 Å². The zero-order valence-corrected chi connectivity index (χ0v) is 24.0. The number of rotatable bonds is 5. The molecule has 0 radical (unpaired) electrons. The highest BCUT2D eigenvalue weighted by Gasteiger charge is 2.71. The highest BCUT2D eigenvalue weighted by atomic mass is 35.5. The maximum Gasteiger partial charge on any atom is 0.313 e. The average molecular weight is 586 g/mol. The summed E-state index contributed by atoms with van der Waals surface area (Å²) in [6.07, 6.45) is 7.19. The number of aliphatic hydroxyl groups is 1. The largest absolute Gasteiger partial charge is 0.460 e. The van der Waals surface area contributed by atoms with Gasteiger partial charge in [-0.15, -0.1) is 0 Å². The number of halogens is 1. The van der Waals surface area contributed by atoms with Crippen molar-refractivity contribution in [3.8, 4) is 0 Å². The molecule has 4 aliphatic rings. The molecule has 1 aromatic rings. The van der Waals surface area contributed by atoms with Gasteiger partial charge in [-0.3, -0.25) is 19.2 Å². The molecule has 2 saturated heterocycles. The maximum absolute atomic E-state index is 14.5. The third-order valence-corrected chi connectivity index (χ3v) is 8.60. The fourth-order valence-electron chi connectivity index (χ4n) is 6.46. The van der Waals surface area contributed by atoms with Crippen molar-refractivity contribution < 1.29 is 33.8 Å². The zero-order chi connectivity index (χ0) is 29.3. The number of esters is 1. The molecule has 1 spiro atoms. The van der Waals surface area contributed by atoms with Gasteiger partial charge in [-0.25, -0.2) is 0 Å². The fourth-order valence-corrected chi connectivity index (χ4v) is 6.79. The number of aliphatic hydroxyl groups excluding tert-OH is 1. The summed E-state index contributed by atoms with van der Waals surface area (Å²) < 4.78 is 12.4. The van der Waals surface area contributed by atoms with E-state index in [1.54, 1.807) is 42.2 Å². The van der Waals surface area contributed by atoms with Crippen LogP contribution in [0, 0.1) is 18.8 Å². The van der Waals surface area contributed by atoms with Gasteiger partial charge in [0.1, 0.15) is 23.7 Å². The van der Waals surface area contributed by atoms with Crippen LogP contribution < -0.4 is 10.2 Å². The molecule has 0 bridgehead atoms. The number of carbonyl (C=O) groups excluding carboxylic acids is 4. The molecule has 41 heavy (non-hydrogen) atoms. The first-order valence-corrected chi connectivity index (χ1v) is 14.5. The predicted octanol–water partition coefficient (Wildman–Crippen LogP) is 2.30. The Morgan fingerprint density at radius 2 is 1.95 bits per heavy atom. The second-order valence-corrected chi connectivity index (χ2v) is 11.5. The first-order valence-electron chi connectivity index (χ1n) is 14.2. The number of unbranched alkanes of at least 4 members (excludes halogenated alkanes) is 1. The van der Waals surface area contributed by atoms with Crippen LogP contribution in [0.25, 0.3) is 0 Å². The van der Waals surface area contributed by atoms with Crippen LogP contribution in [0.3, 0.4) is 0 Å². The standard InChI is InChI=1S/C30H36ClN3O7/c1-18-9-7-10-20(31)25(18)33-15-8-13-30-24(27(37)34(14-5-6-16-35)26(30)28(33)38)23-21(41-30)11-3-4-12-22(36)32-17-19(2)40-29(23)39/h3,7-11,13,19,21,23-24,26,35H,4-6,12,14-17H2,1-2H3,(H,32,36)/b11-3-/t19-,21-,23+,24+,26-,30+/m0/s1. The molecule has 5 rings (SSSR count). The topological polar surface area (TPSA) is 125 Å². The Balaban J connectivity index is 1.59. The number of nitrogens with one attached hydrogen (secondary N) is 1. The van der Waals surface area contributed by atoms with Crippen molar-refractivity contribution in [1.29, 1.82) is 0 Å². The predicted molar refractivity (Wildman–Crippen MR) is 151 cm³/mol. The number of ether oxygens (including phenoxy) is 2. The highest BCUT2D eigenvalue weighted by Crippen LogP contribution is 2.53. The molecular formula is C30H36ClN3O7. The number of anilines is 1. The summed E-state index contributed by atoms with van der Waals surface area (Å²) in [7, 11) is 0. The molecule has 11 heteroatoms. The van der Waals surface area contributed by atoms with Crippen molar-refractivity contribution in [2.24, 2.45) is 11.8 Å². The molecule has 6 atom stereocenters. The van der Waals surface area contributed by atoms with Crippen molar-refractivity contribution in [2.75, 3.05) is 31.1 Å². The number of fused-ring (bicyclic) bond motifs is 2. The third-order valence-electron chi connectivity index (χ3n) is 8.30. The maximum atomic E-state index is 14.5. The highest BCUT2D eigenvalue weighted by molar-refractivity contribution is 6.34. The minimum atomic E-state index is -1.42. The van der Waals surface area contributed by atoms with Crippen molar-refractivity contribution in [1.82, 2.24) is 10.2 Å². The SMILES string of the molecule is Cc1cccc(Cl)c1N1CC=C[C@@]23O[C@H]4/C=C\CCC(=O)NC[C@H](C)OC(=O)[C@H]4[C@@H]2C(=O)N(CCCCO)[C@H]3C1=O. The minimum Gasteiger partial charge on any atom is -0.460 e. The summed E-state index contributed by atoms with van der Waals surface area (Å²) >= 11 is 6.58. The number of cyclic esters (lactones) is 1. The number of aryl methyl sites for hydroxylation is 1. The summed E-state index contributed by atoms with van der Waals surface area (Å²) in [4.78, 5) is 57.6. The Morgan fingerprint density at radius 1 is 1.15 bits per heavy atom. The van der Waals surface area contributed by atoms with Gasteiger partial charge in [-0.2, -0.15) is 0 Å². The van der Waals surface area contributed by atoms with E-state index in [1.807, 2.05) is 19.1 Å². The van der Waals surface area contributed by atoms with Gasteiger partial charge >= 0.3 is 5.97 Å². The molecule has 0 unspecified atom stereocenters. The summed E-state index contributed by atoms with van der Waals surface area (Å²) in [5, 5.41) is 12.6. The molecule has 10 nitrogen and oxygen atoms in total. The molecule has 2 fully saturated rings. The number of nitrogens with zero attached hydrogens (tertiary/aromatic N) is 2. The molecule has 0 aromatic heterocycles. The molecule has 220 valence electrons. The van der Waals surface area contributed by atoms with Crippen LogP contribution in [0.4, 0.5) is 5.69 Å². The van der Waals surface area contributed by atoms with Gasteiger partial charge in [-0.05, 0) is 44.7 Å². The normalized spacial score (nSPS) is 32.7. The van der Waals surface area contributed by atoms with E-state index < -0.39 is 41.7 Å². The lowest BCUT2D eigenvalue weighted by atomic mass is 9.78. The second-order valence-electron chi connectivity index (χ2n) is 11.1. The zero-order valence-electron chi connectivity index (χ0n) is 23.3. The molecular weight excluding hydrogens is 550 g/mol. The summed E-state index contributed by atoms with van der Waals surface area (Å²) in [5.74, 6) is -3.48. The van der Waals surface area contributed by atoms with E-state index in [0.29, 0.717) is 30.0 Å². The number of para-hydroxylation sites is 1. The van der Waals surface area contributed by atoms with Crippen molar-refractivity contribution in [3.05, 3.63) is 53.1 Å². The second kappa shape index (κ2) is 12.0. The van der Waals surface area contributed by atoms with Gasteiger partial charge in [-0.1, -0.05) is 48.0 Å². The van der Waals surface area contributed by atoms with E-state index in [4.69, 9.17) is 21.1 Å². The van der Waals surface area contributed by atoms with Crippen LogP contribution in [0.15, 0.2) is 42.5 Å². The quantitative estimate of drug-likeness (QED) is 0.309. The number of carbonyl (C=O) groups is 4. The lowest BCUT2D eigenvalue weighted by Crippen LogP contribution is -2.55. The van der Waals surface area contributed by atoms with E-state index in [9.17, 15) is 24.3 Å². The molecule has 2 N–H and O–H groups in total. The summed E-state index contributed by atoms with van der Waals surface area (Å²) in [6, 6.07) is 4.34. The number of allylic oxidation sites excluding steroid dienone is 1. The van der Waals surface area contributed by atoms with Crippen LogP contribution in [0.5, 0.6) is 0 Å². The molecule has 0 saturated carbocycles. The minimum absolute atomic E-state index is 0.0488. The van der Waals surface area contributed by atoms with E-state index in [1.165, 1.54) is 4.90 Å². The van der Waals surface area contributed by atoms with Gasteiger partial charge in [0, 0.05) is 26.1 Å². The van der Waals surface area contributed by atoms with E-state index in [2.05, 4.69) is 5.32 Å². The molecule has 0 aliphatic carbocycles. The van der Waals surface area contributed by atoms with E-state index >= 15 is 0 Å². The molecule has 3 amide bonds. The van der Waals surface area contributed by atoms with Gasteiger partial charge in [0.2, 0.25) is 11.8 Å². The number of amides is 3. The molecule has 4 aliphatic heterocycles. The van der Waals surface area contributed by atoms with E-state index in [0.717, 1.165) is 5.56 Å². The van der Waals surface area contributed by atoms with Crippen molar-refractivity contribution in [3.63, 3.8) is 0 Å². The summed E-state index contributed by atoms with van der Waals surface area (Å²) in [6.45, 7) is 4.07. The van der Waals surface area contributed by atoms with Crippen molar-refractivity contribution in [2.45, 2.75) is 63.4 Å². The Hall–Kier alpha value is -3.21. The lowest BCUT2D eigenvalue weighted by Gasteiger charge is -2.36. The third kappa shape index (κ3) is 5.29. The number of likely N-dealkylation sites (tertiary alicyclic amines) is 1. The Kier molecular flexibility index (Phi) is 8.54. The van der Waals surface area contributed by atoms with Gasteiger partial charge in [0.05, 0.1) is 29.3 Å². The molecule has 4 heterocycles. The van der Waals surface area contributed by atoms with E-state index in [-0.39, 0.29) is 50.4 Å². The lowest BCUT2D eigenvalue weighted by molar-refractivity contribution is -0.158. The van der Waals surface area contributed by atoms with Crippen LogP contribution in [0.1, 0.15) is 38.2 Å². The van der Waals surface area contributed by atoms with Crippen LogP contribution in [0.2, 0.25) is 5.02 Å². The number of hydrogen-bond acceptors (Lipinski definition) is 7. The number of hydrogen-bond donors (Lipinski definition) is 2. The van der Waals surface area contributed by atoms with Gasteiger partial charge in [0.25, 0.3) is 5.91 Å². The smallest absolute Gasteiger partial charge is 0.313 e. The van der Waals surface area contributed by atoms with Gasteiger partial charge < -0.3 is 29.7 Å². The van der Waals surface area contributed by atoms with Crippen LogP contribution in [-0.2, 0) is 28.7 Å². The first kappa shape index (κ1) is 29.3. The summed E-state index contributed by atoms with van der Waals surface area (Å²) in [5.41, 5.74) is -0.0601. The monoisotopic (exact) mass is 585 g/mol. The Morgan fingerprint density at radius 3 is 2.71 bits per heavy atom. The van der Waals surface area contributed by atoms with Gasteiger partial charge in [0.15, 0.2) is 0 Å².